The van der Waals surface area contributed by atoms with Gasteiger partial charge >= 0.3 is 0 Å². The van der Waals surface area contributed by atoms with Gasteiger partial charge in [0, 0.05) is 26.9 Å². The van der Waals surface area contributed by atoms with Gasteiger partial charge in [-0.25, -0.2) is 0 Å². The molecule has 0 saturated heterocycles. The summed E-state index contributed by atoms with van der Waals surface area (Å²) in [5.74, 6) is -0.0851. The molecule has 3 N–H and O–H groups in total. The van der Waals surface area contributed by atoms with Crippen molar-refractivity contribution in [1.82, 2.24) is 5.32 Å². The van der Waals surface area contributed by atoms with Crippen LogP contribution in [0.2, 0.25) is 0 Å². The summed E-state index contributed by atoms with van der Waals surface area (Å²) >= 11 is 0. The number of hydrogen-bond acceptors (Lipinski definition) is 4. The highest BCUT2D eigenvalue weighted by Gasteiger charge is 1.99. The van der Waals surface area contributed by atoms with Gasteiger partial charge < -0.3 is 20.5 Å². The fourth-order valence-corrected chi connectivity index (χ4v) is 0.846. The molecule has 0 fully saturated rings. The highest BCUT2D eigenvalue weighted by molar-refractivity contribution is 5.77. The summed E-state index contributed by atoms with van der Waals surface area (Å²) in [6.07, 6.45) is 1.61. The fraction of sp³-hybridized carbons (Fsp3) is 0.889. The maximum absolute atomic E-state index is 11.1. The van der Waals surface area contributed by atoms with E-state index >= 15 is 0 Å². The first kappa shape index (κ1) is 13.4. The Morgan fingerprint density at radius 1 is 1.36 bits per heavy atom. The van der Waals surface area contributed by atoms with Gasteiger partial charge in [0.1, 0.15) is 6.61 Å². The lowest BCUT2D eigenvalue weighted by Gasteiger charge is -2.05. The summed E-state index contributed by atoms with van der Waals surface area (Å²) in [7, 11) is 1.64. The maximum atomic E-state index is 11.1. The molecule has 0 rings (SSSR count). The van der Waals surface area contributed by atoms with Gasteiger partial charge in [0.05, 0.1) is 0 Å². The maximum Gasteiger partial charge on any atom is 0.245 e. The predicted molar refractivity (Wildman–Crippen MR) is 54.0 cm³/mol. The van der Waals surface area contributed by atoms with Crippen LogP contribution in [0.25, 0.3) is 0 Å². The van der Waals surface area contributed by atoms with Gasteiger partial charge in [-0.1, -0.05) is 0 Å². The third-order valence-electron chi connectivity index (χ3n) is 1.57. The quantitative estimate of drug-likeness (QED) is 0.497. The number of rotatable bonds is 9. The predicted octanol–water partition coefficient (Wildman–Crippen LogP) is -0.495. The third kappa shape index (κ3) is 9.44. The monoisotopic (exact) mass is 204 g/mol. The molecule has 0 bridgehead atoms. The van der Waals surface area contributed by atoms with Gasteiger partial charge in [-0.15, -0.1) is 0 Å². The van der Waals surface area contributed by atoms with Crippen molar-refractivity contribution in [3.8, 4) is 0 Å². The average Bonchev–Trinajstić information content (AvgIpc) is 2.19. The van der Waals surface area contributed by atoms with Gasteiger partial charge in [-0.2, -0.15) is 0 Å². The number of nitrogens with one attached hydrogen (secondary N) is 1. The van der Waals surface area contributed by atoms with Gasteiger partial charge in [0.15, 0.2) is 0 Å². The van der Waals surface area contributed by atoms with Crippen molar-refractivity contribution in [2.45, 2.75) is 12.8 Å². The molecule has 0 aromatic carbocycles. The molecule has 0 aliphatic carbocycles. The van der Waals surface area contributed by atoms with E-state index in [1.165, 1.54) is 0 Å². The molecular weight excluding hydrogens is 184 g/mol. The number of amides is 1. The molecule has 5 heteroatoms. The molecule has 14 heavy (non-hydrogen) atoms. The number of methoxy groups -OCH3 is 1. The second-order valence-corrected chi connectivity index (χ2v) is 2.89. The first-order valence-electron chi connectivity index (χ1n) is 4.84. The van der Waals surface area contributed by atoms with Crippen LogP contribution in [-0.4, -0.2) is 45.9 Å². The molecule has 0 spiro atoms. The molecule has 0 heterocycles. The Bertz CT molecular complexity index is 128. The summed E-state index contributed by atoms with van der Waals surface area (Å²) in [4.78, 5) is 11.1. The number of carbonyl (C=O) groups excluding carboxylic acids is 1. The summed E-state index contributed by atoms with van der Waals surface area (Å²) in [6, 6.07) is 0. The van der Waals surface area contributed by atoms with Crippen molar-refractivity contribution in [3.63, 3.8) is 0 Å². The van der Waals surface area contributed by atoms with E-state index in [1.807, 2.05) is 0 Å². The lowest BCUT2D eigenvalue weighted by Crippen LogP contribution is -2.29. The van der Waals surface area contributed by atoms with Crippen LogP contribution in [0.3, 0.4) is 0 Å². The van der Waals surface area contributed by atoms with E-state index in [9.17, 15) is 4.79 Å². The molecule has 0 aliphatic rings. The van der Waals surface area contributed by atoms with Gasteiger partial charge in [0.2, 0.25) is 5.91 Å². The summed E-state index contributed by atoms with van der Waals surface area (Å²) < 4.78 is 9.91. The molecular formula is C9H20N2O3. The second-order valence-electron chi connectivity index (χ2n) is 2.89. The molecule has 0 saturated carbocycles. The molecule has 0 radical (unpaired) electrons. The van der Waals surface area contributed by atoms with E-state index < -0.39 is 0 Å². The molecule has 0 aliphatic heterocycles. The zero-order chi connectivity index (χ0) is 10.6. The van der Waals surface area contributed by atoms with Crippen LogP contribution >= 0.6 is 0 Å². The number of nitrogens with two attached hydrogens (primary N) is 1. The van der Waals surface area contributed by atoms with Crippen molar-refractivity contribution >= 4 is 5.91 Å². The Labute approximate surface area is 84.9 Å². The van der Waals surface area contributed by atoms with E-state index in [0.717, 1.165) is 12.8 Å². The fourth-order valence-electron chi connectivity index (χ4n) is 0.846. The SMILES string of the molecule is COCCCNC(=O)COCCCN. The molecule has 0 aromatic heterocycles. The van der Waals surface area contributed by atoms with Crippen LogP contribution in [0.5, 0.6) is 0 Å². The lowest BCUT2D eigenvalue weighted by molar-refractivity contribution is -0.125. The van der Waals surface area contributed by atoms with Gasteiger partial charge in [-0.05, 0) is 19.4 Å². The molecule has 5 nitrogen and oxygen atoms in total. The van der Waals surface area contributed by atoms with Crippen molar-refractivity contribution in [3.05, 3.63) is 0 Å². The first-order chi connectivity index (χ1) is 6.81. The number of ether oxygens (including phenoxy) is 2. The largest absolute Gasteiger partial charge is 0.385 e. The minimum absolute atomic E-state index is 0.0851. The Morgan fingerprint density at radius 2 is 2.14 bits per heavy atom. The summed E-state index contributed by atoms with van der Waals surface area (Å²) in [5, 5.41) is 2.72. The second kappa shape index (κ2) is 10.4. The van der Waals surface area contributed by atoms with Gasteiger partial charge in [-0.3, -0.25) is 4.79 Å². The zero-order valence-electron chi connectivity index (χ0n) is 8.75. The van der Waals surface area contributed by atoms with Crippen LogP contribution in [-0.2, 0) is 14.3 Å². The Balaban J connectivity index is 3.11. The highest BCUT2D eigenvalue weighted by atomic mass is 16.5. The average molecular weight is 204 g/mol. The van der Waals surface area contributed by atoms with Gasteiger partial charge in [0.25, 0.3) is 0 Å². The standard InChI is InChI=1S/C9H20N2O3/c1-13-6-3-5-11-9(12)8-14-7-2-4-10/h2-8,10H2,1H3,(H,11,12). The minimum atomic E-state index is -0.0851. The van der Waals surface area contributed by atoms with E-state index in [1.54, 1.807) is 7.11 Å². The summed E-state index contributed by atoms with van der Waals surface area (Å²) in [6.45, 7) is 2.55. The molecule has 0 unspecified atom stereocenters. The first-order valence-corrected chi connectivity index (χ1v) is 4.84. The van der Waals surface area contributed by atoms with Crippen molar-refractivity contribution in [2.24, 2.45) is 5.73 Å². The Morgan fingerprint density at radius 3 is 2.79 bits per heavy atom. The van der Waals surface area contributed by atoms with Crippen LogP contribution in [0, 0.1) is 0 Å². The van der Waals surface area contributed by atoms with Crippen molar-refractivity contribution in [1.29, 1.82) is 0 Å². The summed E-state index contributed by atoms with van der Waals surface area (Å²) in [5.41, 5.74) is 5.26. The van der Waals surface area contributed by atoms with Crippen LogP contribution in [0.1, 0.15) is 12.8 Å². The van der Waals surface area contributed by atoms with Crippen molar-refractivity contribution < 1.29 is 14.3 Å². The molecule has 1 amide bonds. The van der Waals surface area contributed by atoms with Crippen LogP contribution in [0.15, 0.2) is 0 Å². The minimum Gasteiger partial charge on any atom is -0.385 e. The van der Waals surface area contributed by atoms with Crippen LogP contribution in [0.4, 0.5) is 0 Å². The smallest absolute Gasteiger partial charge is 0.245 e. The third-order valence-corrected chi connectivity index (χ3v) is 1.57. The molecule has 0 aromatic rings. The molecule has 84 valence electrons. The number of carbonyl (C=O) groups is 1. The van der Waals surface area contributed by atoms with Crippen molar-refractivity contribution in [2.75, 3.05) is 40.0 Å². The van der Waals surface area contributed by atoms with E-state index in [0.29, 0.717) is 26.3 Å². The Kier molecular flexibility index (Phi) is 9.95. The van der Waals surface area contributed by atoms with E-state index in [-0.39, 0.29) is 12.5 Å². The van der Waals surface area contributed by atoms with Crippen LogP contribution < -0.4 is 11.1 Å². The zero-order valence-corrected chi connectivity index (χ0v) is 8.75. The molecule has 0 atom stereocenters. The topological polar surface area (TPSA) is 73.6 Å². The van der Waals surface area contributed by atoms with E-state index in [4.69, 9.17) is 15.2 Å². The van der Waals surface area contributed by atoms with E-state index in [2.05, 4.69) is 5.32 Å². The Hall–Kier alpha value is -0.650. The normalized spacial score (nSPS) is 10.1. The lowest BCUT2D eigenvalue weighted by atomic mass is 10.4. The number of hydrogen-bond donors (Lipinski definition) is 2. The highest BCUT2D eigenvalue weighted by Crippen LogP contribution is 1.81.